The molecule has 0 aliphatic carbocycles. The van der Waals surface area contributed by atoms with Gasteiger partial charge in [-0.1, -0.05) is 12.1 Å². The third-order valence-corrected chi connectivity index (χ3v) is 4.27. The number of nitrogens with one attached hydrogen (secondary N) is 2. The number of hydrogen-bond acceptors (Lipinski definition) is 4. The summed E-state index contributed by atoms with van der Waals surface area (Å²) in [4.78, 5) is 38.5. The van der Waals surface area contributed by atoms with Gasteiger partial charge < -0.3 is 20.0 Å². The molecule has 3 rings (SSSR count). The quantitative estimate of drug-likeness (QED) is 0.692. The van der Waals surface area contributed by atoms with Crippen molar-refractivity contribution in [3.05, 3.63) is 83.3 Å². The van der Waals surface area contributed by atoms with Gasteiger partial charge in [0.2, 0.25) is 0 Å². The number of anilines is 2. The molecular weight excluding hydrogens is 370 g/mol. The largest absolute Gasteiger partial charge is 0.459 e. The van der Waals surface area contributed by atoms with Crippen molar-refractivity contribution < 1.29 is 18.8 Å². The van der Waals surface area contributed by atoms with Crippen LogP contribution in [0.3, 0.4) is 0 Å². The summed E-state index contributed by atoms with van der Waals surface area (Å²) < 4.78 is 5.09. The van der Waals surface area contributed by atoms with E-state index in [2.05, 4.69) is 10.6 Å². The van der Waals surface area contributed by atoms with E-state index < -0.39 is 5.91 Å². The van der Waals surface area contributed by atoms with Crippen molar-refractivity contribution in [2.75, 3.05) is 24.7 Å². The second kappa shape index (κ2) is 8.43. The number of benzene rings is 2. The van der Waals surface area contributed by atoms with Crippen LogP contribution in [0.2, 0.25) is 0 Å². The number of rotatable bonds is 5. The van der Waals surface area contributed by atoms with Crippen molar-refractivity contribution in [2.45, 2.75) is 6.92 Å². The Balaban J connectivity index is 1.77. The first-order chi connectivity index (χ1) is 13.8. The molecule has 29 heavy (non-hydrogen) atoms. The monoisotopic (exact) mass is 391 g/mol. The lowest BCUT2D eigenvalue weighted by Gasteiger charge is -2.12. The highest BCUT2D eigenvalue weighted by atomic mass is 16.3. The highest BCUT2D eigenvalue weighted by Gasteiger charge is 2.14. The van der Waals surface area contributed by atoms with Crippen LogP contribution in [-0.4, -0.2) is 36.7 Å². The van der Waals surface area contributed by atoms with E-state index in [1.165, 1.54) is 11.2 Å². The summed E-state index contributed by atoms with van der Waals surface area (Å²) in [6.45, 7) is 1.83. The second-order valence-electron chi connectivity index (χ2n) is 6.70. The molecule has 0 spiro atoms. The number of amides is 3. The van der Waals surface area contributed by atoms with Crippen molar-refractivity contribution >= 4 is 29.1 Å². The first-order valence-electron chi connectivity index (χ1n) is 8.93. The zero-order valence-electron chi connectivity index (χ0n) is 16.4. The molecule has 0 bridgehead atoms. The lowest BCUT2D eigenvalue weighted by Crippen LogP contribution is -2.22. The molecule has 3 aromatic rings. The minimum atomic E-state index is -0.398. The number of furan rings is 1. The lowest BCUT2D eigenvalue weighted by atomic mass is 10.1. The van der Waals surface area contributed by atoms with E-state index in [0.29, 0.717) is 22.5 Å². The summed E-state index contributed by atoms with van der Waals surface area (Å²) in [5.41, 5.74) is 2.66. The van der Waals surface area contributed by atoms with E-state index in [0.717, 1.165) is 5.56 Å². The Morgan fingerprint density at radius 2 is 1.66 bits per heavy atom. The number of hydrogen-bond donors (Lipinski definition) is 2. The van der Waals surface area contributed by atoms with Crippen LogP contribution in [0, 0.1) is 6.92 Å². The van der Waals surface area contributed by atoms with Crippen LogP contribution in [0.1, 0.15) is 36.8 Å². The smallest absolute Gasteiger partial charge is 0.291 e. The van der Waals surface area contributed by atoms with E-state index in [1.807, 2.05) is 6.92 Å². The molecule has 1 heterocycles. The molecule has 7 nitrogen and oxygen atoms in total. The number of aryl methyl sites for hydroxylation is 1. The molecule has 0 unspecified atom stereocenters. The normalized spacial score (nSPS) is 10.3. The van der Waals surface area contributed by atoms with Crippen LogP contribution in [0.4, 0.5) is 11.4 Å². The van der Waals surface area contributed by atoms with Crippen LogP contribution in [-0.2, 0) is 0 Å². The Bertz CT molecular complexity index is 1060. The summed E-state index contributed by atoms with van der Waals surface area (Å²) in [5, 5.41) is 5.52. The summed E-state index contributed by atoms with van der Waals surface area (Å²) in [6.07, 6.45) is 1.42. The fraction of sp³-hybridized carbons (Fsp3) is 0.136. The van der Waals surface area contributed by atoms with E-state index in [1.54, 1.807) is 68.7 Å². The van der Waals surface area contributed by atoms with Gasteiger partial charge >= 0.3 is 0 Å². The third-order valence-electron chi connectivity index (χ3n) is 4.27. The molecule has 2 aromatic carbocycles. The highest BCUT2D eigenvalue weighted by Crippen LogP contribution is 2.20. The van der Waals surface area contributed by atoms with Gasteiger partial charge in [-0.05, 0) is 55.0 Å². The summed E-state index contributed by atoms with van der Waals surface area (Å²) in [6, 6.07) is 14.9. The van der Waals surface area contributed by atoms with Gasteiger partial charge in [-0.25, -0.2) is 0 Å². The molecular formula is C22H21N3O4. The van der Waals surface area contributed by atoms with Crippen LogP contribution in [0.15, 0.2) is 65.3 Å². The van der Waals surface area contributed by atoms with Crippen molar-refractivity contribution in [3.8, 4) is 0 Å². The van der Waals surface area contributed by atoms with Gasteiger partial charge in [-0.3, -0.25) is 14.4 Å². The number of carbonyl (C=O) groups is 3. The summed E-state index contributed by atoms with van der Waals surface area (Å²) >= 11 is 0. The average Bonchev–Trinajstić information content (AvgIpc) is 3.24. The molecule has 7 heteroatoms. The highest BCUT2D eigenvalue weighted by molar-refractivity contribution is 6.07. The minimum absolute atomic E-state index is 0.153. The SMILES string of the molecule is Cc1ccc(C(=O)Nc2cccc(C(=O)N(C)C)c2)cc1NC(=O)c1ccco1. The zero-order valence-corrected chi connectivity index (χ0v) is 16.4. The van der Waals surface area contributed by atoms with Crippen molar-refractivity contribution in [1.82, 2.24) is 4.90 Å². The van der Waals surface area contributed by atoms with Crippen LogP contribution < -0.4 is 10.6 Å². The van der Waals surface area contributed by atoms with E-state index >= 15 is 0 Å². The first-order valence-corrected chi connectivity index (χ1v) is 8.93. The molecule has 148 valence electrons. The number of nitrogens with zero attached hydrogens (tertiary/aromatic N) is 1. The Labute approximate surface area is 168 Å². The first kappa shape index (κ1) is 19.9. The molecule has 0 saturated carbocycles. The van der Waals surface area contributed by atoms with E-state index in [4.69, 9.17) is 4.42 Å². The lowest BCUT2D eigenvalue weighted by molar-refractivity contribution is 0.0827. The topological polar surface area (TPSA) is 91.7 Å². The molecule has 0 fully saturated rings. The van der Waals surface area contributed by atoms with Gasteiger partial charge in [-0.15, -0.1) is 0 Å². The van der Waals surface area contributed by atoms with Gasteiger partial charge in [0, 0.05) is 36.6 Å². The molecule has 0 atom stereocenters. The molecule has 0 aliphatic heterocycles. The minimum Gasteiger partial charge on any atom is -0.459 e. The Morgan fingerprint density at radius 1 is 0.862 bits per heavy atom. The zero-order chi connectivity index (χ0) is 21.0. The van der Waals surface area contributed by atoms with Crippen molar-refractivity contribution in [3.63, 3.8) is 0 Å². The van der Waals surface area contributed by atoms with E-state index in [9.17, 15) is 14.4 Å². The van der Waals surface area contributed by atoms with Crippen molar-refractivity contribution in [2.24, 2.45) is 0 Å². The summed E-state index contributed by atoms with van der Waals surface area (Å²) in [7, 11) is 3.33. The fourth-order valence-corrected chi connectivity index (χ4v) is 2.68. The van der Waals surface area contributed by atoms with Crippen LogP contribution in [0.25, 0.3) is 0 Å². The van der Waals surface area contributed by atoms with Crippen LogP contribution in [0.5, 0.6) is 0 Å². The maximum atomic E-state index is 12.7. The van der Waals surface area contributed by atoms with E-state index in [-0.39, 0.29) is 17.6 Å². The van der Waals surface area contributed by atoms with Gasteiger partial charge in [0.1, 0.15) is 0 Å². The maximum Gasteiger partial charge on any atom is 0.291 e. The Kier molecular flexibility index (Phi) is 5.78. The Morgan fingerprint density at radius 3 is 2.34 bits per heavy atom. The predicted molar refractivity (Wildman–Crippen MR) is 110 cm³/mol. The molecule has 0 aliphatic rings. The van der Waals surface area contributed by atoms with Gasteiger partial charge in [-0.2, -0.15) is 0 Å². The molecule has 3 amide bonds. The second-order valence-corrected chi connectivity index (χ2v) is 6.70. The van der Waals surface area contributed by atoms with Gasteiger partial charge in [0.05, 0.1) is 6.26 Å². The molecule has 0 saturated heterocycles. The number of carbonyl (C=O) groups excluding carboxylic acids is 3. The molecule has 2 N–H and O–H groups in total. The predicted octanol–water partition coefficient (Wildman–Crippen LogP) is 3.79. The standard InChI is InChI=1S/C22H21N3O4/c1-14-9-10-15(13-18(14)24-21(27)19-8-5-11-29-19)20(26)23-17-7-4-6-16(12-17)22(28)25(2)3/h4-13H,1-3H3,(H,23,26)(H,24,27). The Hall–Kier alpha value is -3.87. The fourth-order valence-electron chi connectivity index (χ4n) is 2.68. The van der Waals surface area contributed by atoms with Crippen LogP contribution >= 0.6 is 0 Å². The third kappa shape index (κ3) is 4.70. The average molecular weight is 391 g/mol. The van der Waals surface area contributed by atoms with Gasteiger partial charge in [0.15, 0.2) is 5.76 Å². The maximum absolute atomic E-state index is 12.7. The van der Waals surface area contributed by atoms with Gasteiger partial charge in [0.25, 0.3) is 17.7 Å². The molecule has 0 radical (unpaired) electrons. The molecule has 1 aromatic heterocycles. The summed E-state index contributed by atoms with van der Waals surface area (Å²) in [5.74, 6) is -0.723. The van der Waals surface area contributed by atoms with Crippen molar-refractivity contribution in [1.29, 1.82) is 0 Å².